The summed E-state index contributed by atoms with van der Waals surface area (Å²) in [4.78, 5) is 19.3. The Bertz CT molecular complexity index is 549. The standard InChI is InChI=1S/C16H24N4O2/c1-18-10-13(11-18)19-5-7-20(8-6-19)16(21)12-3-4-14(17)15(9-12)22-2/h3-4,9,13H,5-8,10-11,17H2,1-2H3. The quantitative estimate of drug-likeness (QED) is 0.817. The number of likely N-dealkylation sites (N-methyl/N-ethyl adjacent to an activating group) is 1. The van der Waals surface area contributed by atoms with Gasteiger partial charge in [-0.2, -0.15) is 0 Å². The first-order valence-corrected chi connectivity index (χ1v) is 7.74. The topological polar surface area (TPSA) is 62.0 Å². The Morgan fingerprint density at radius 3 is 2.50 bits per heavy atom. The molecular weight excluding hydrogens is 280 g/mol. The van der Waals surface area contributed by atoms with E-state index >= 15 is 0 Å². The lowest BCUT2D eigenvalue weighted by Crippen LogP contribution is -2.62. The molecule has 2 saturated heterocycles. The molecule has 0 unspecified atom stereocenters. The van der Waals surface area contributed by atoms with Crippen LogP contribution in [0.2, 0.25) is 0 Å². The van der Waals surface area contributed by atoms with Crippen molar-refractivity contribution in [3.8, 4) is 5.75 Å². The summed E-state index contributed by atoms with van der Waals surface area (Å²) in [6, 6.07) is 5.89. The van der Waals surface area contributed by atoms with Crippen molar-refractivity contribution >= 4 is 11.6 Å². The molecule has 0 atom stereocenters. The summed E-state index contributed by atoms with van der Waals surface area (Å²) in [5.74, 6) is 0.616. The normalized spacial score (nSPS) is 20.7. The van der Waals surface area contributed by atoms with Crippen molar-refractivity contribution in [1.29, 1.82) is 0 Å². The van der Waals surface area contributed by atoms with Gasteiger partial charge in [0.15, 0.2) is 0 Å². The second kappa shape index (κ2) is 6.14. The first-order valence-electron chi connectivity index (χ1n) is 7.74. The van der Waals surface area contributed by atoms with Crippen LogP contribution in [0.25, 0.3) is 0 Å². The summed E-state index contributed by atoms with van der Waals surface area (Å²) in [5.41, 5.74) is 7.00. The van der Waals surface area contributed by atoms with Gasteiger partial charge in [0.05, 0.1) is 12.8 Å². The number of carbonyl (C=O) groups excluding carboxylic acids is 1. The third-order valence-electron chi connectivity index (χ3n) is 4.64. The molecule has 0 bridgehead atoms. The Labute approximate surface area is 131 Å². The Balaban J connectivity index is 1.60. The minimum Gasteiger partial charge on any atom is -0.495 e. The highest BCUT2D eigenvalue weighted by molar-refractivity contribution is 5.95. The molecule has 0 radical (unpaired) electrons. The van der Waals surface area contributed by atoms with Crippen molar-refractivity contribution in [1.82, 2.24) is 14.7 Å². The highest BCUT2D eigenvalue weighted by atomic mass is 16.5. The molecule has 6 heteroatoms. The van der Waals surface area contributed by atoms with E-state index in [1.54, 1.807) is 25.3 Å². The molecule has 6 nitrogen and oxygen atoms in total. The first-order chi connectivity index (χ1) is 10.6. The predicted octanol–water partition coefficient (Wildman–Crippen LogP) is 0.349. The van der Waals surface area contributed by atoms with Gasteiger partial charge in [-0.1, -0.05) is 0 Å². The molecule has 0 aromatic heterocycles. The summed E-state index contributed by atoms with van der Waals surface area (Å²) >= 11 is 0. The maximum absolute atomic E-state index is 12.6. The van der Waals surface area contributed by atoms with E-state index in [9.17, 15) is 4.79 Å². The Morgan fingerprint density at radius 2 is 1.91 bits per heavy atom. The van der Waals surface area contributed by atoms with Crippen molar-refractivity contribution in [2.45, 2.75) is 6.04 Å². The Hall–Kier alpha value is -1.79. The minimum absolute atomic E-state index is 0.0590. The molecule has 3 rings (SSSR count). The van der Waals surface area contributed by atoms with E-state index in [1.807, 2.05) is 4.90 Å². The number of ether oxygens (including phenoxy) is 1. The van der Waals surface area contributed by atoms with Crippen LogP contribution < -0.4 is 10.5 Å². The van der Waals surface area contributed by atoms with Crippen molar-refractivity contribution in [3.63, 3.8) is 0 Å². The van der Waals surface area contributed by atoms with Crippen molar-refractivity contribution in [2.75, 3.05) is 59.2 Å². The number of nitrogens with two attached hydrogens (primary N) is 1. The first kappa shape index (κ1) is 15.1. The largest absolute Gasteiger partial charge is 0.495 e. The second-order valence-electron chi connectivity index (χ2n) is 6.16. The lowest BCUT2D eigenvalue weighted by molar-refractivity contribution is 0.0173. The molecule has 2 aliphatic rings. The maximum atomic E-state index is 12.6. The minimum atomic E-state index is 0.0590. The fraction of sp³-hybridized carbons (Fsp3) is 0.562. The molecule has 2 fully saturated rings. The molecule has 0 saturated carbocycles. The Kier molecular flexibility index (Phi) is 4.22. The number of hydrogen-bond acceptors (Lipinski definition) is 5. The summed E-state index contributed by atoms with van der Waals surface area (Å²) in [5, 5.41) is 0. The lowest BCUT2D eigenvalue weighted by atomic mass is 10.1. The zero-order valence-corrected chi connectivity index (χ0v) is 13.3. The van der Waals surface area contributed by atoms with Gasteiger partial charge >= 0.3 is 0 Å². The van der Waals surface area contributed by atoms with Crippen molar-refractivity contribution in [2.24, 2.45) is 0 Å². The number of carbonyl (C=O) groups is 1. The van der Waals surface area contributed by atoms with Crippen LogP contribution in [0.5, 0.6) is 5.75 Å². The average molecular weight is 304 g/mol. The zero-order chi connectivity index (χ0) is 15.7. The van der Waals surface area contributed by atoms with Crippen molar-refractivity contribution < 1.29 is 9.53 Å². The SMILES string of the molecule is COc1cc(C(=O)N2CCN(C3CN(C)C3)CC2)ccc1N. The molecule has 0 spiro atoms. The number of piperazine rings is 1. The van der Waals surface area contributed by atoms with E-state index in [-0.39, 0.29) is 5.91 Å². The van der Waals surface area contributed by atoms with Gasteiger partial charge in [-0.3, -0.25) is 9.69 Å². The van der Waals surface area contributed by atoms with E-state index in [2.05, 4.69) is 16.8 Å². The van der Waals surface area contributed by atoms with E-state index in [0.717, 1.165) is 39.3 Å². The third-order valence-corrected chi connectivity index (χ3v) is 4.64. The van der Waals surface area contributed by atoms with E-state index in [1.165, 1.54) is 0 Å². The molecule has 1 aromatic carbocycles. The van der Waals surface area contributed by atoms with Crippen LogP contribution in [-0.2, 0) is 0 Å². The summed E-state index contributed by atoms with van der Waals surface area (Å²) in [7, 11) is 3.71. The fourth-order valence-electron chi connectivity index (χ4n) is 3.21. The number of nitrogens with zero attached hydrogens (tertiary/aromatic N) is 3. The van der Waals surface area contributed by atoms with E-state index in [0.29, 0.717) is 23.0 Å². The number of amides is 1. The number of benzene rings is 1. The molecule has 22 heavy (non-hydrogen) atoms. The summed E-state index contributed by atoms with van der Waals surface area (Å²) in [6.07, 6.45) is 0. The lowest BCUT2D eigenvalue weighted by Gasteiger charge is -2.46. The van der Waals surface area contributed by atoms with Crippen LogP contribution >= 0.6 is 0 Å². The van der Waals surface area contributed by atoms with Gasteiger partial charge in [0.2, 0.25) is 0 Å². The molecule has 120 valence electrons. The van der Waals surface area contributed by atoms with Gasteiger partial charge < -0.3 is 20.3 Å². The smallest absolute Gasteiger partial charge is 0.254 e. The second-order valence-corrected chi connectivity index (χ2v) is 6.16. The molecular formula is C16H24N4O2. The van der Waals surface area contributed by atoms with Gasteiger partial charge in [-0.15, -0.1) is 0 Å². The monoisotopic (exact) mass is 304 g/mol. The van der Waals surface area contributed by atoms with Crippen LogP contribution in [0.3, 0.4) is 0 Å². The Morgan fingerprint density at radius 1 is 1.23 bits per heavy atom. The highest BCUT2D eigenvalue weighted by Gasteiger charge is 2.32. The van der Waals surface area contributed by atoms with Crippen LogP contribution in [0.15, 0.2) is 18.2 Å². The number of rotatable bonds is 3. The third kappa shape index (κ3) is 2.89. The summed E-state index contributed by atoms with van der Waals surface area (Å²) in [6.45, 7) is 5.76. The van der Waals surface area contributed by atoms with Gasteiger partial charge in [-0.05, 0) is 25.2 Å². The van der Waals surface area contributed by atoms with Crippen LogP contribution in [0.1, 0.15) is 10.4 Å². The van der Waals surface area contributed by atoms with Gasteiger partial charge in [0.1, 0.15) is 5.75 Å². The number of anilines is 1. The van der Waals surface area contributed by atoms with E-state index < -0.39 is 0 Å². The molecule has 0 aliphatic carbocycles. The van der Waals surface area contributed by atoms with Crippen LogP contribution in [0, 0.1) is 0 Å². The van der Waals surface area contributed by atoms with Gasteiger partial charge in [0.25, 0.3) is 5.91 Å². The molecule has 2 heterocycles. The number of nitrogen functional groups attached to an aromatic ring is 1. The molecule has 2 N–H and O–H groups in total. The number of methoxy groups -OCH3 is 1. The maximum Gasteiger partial charge on any atom is 0.254 e. The number of hydrogen-bond donors (Lipinski definition) is 1. The molecule has 2 aliphatic heterocycles. The fourth-order valence-corrected chi connectivity index (χ4v) is 3.21. The van der Waals surface area contributed by atoms with Crippen LogP contribution in [-0.4, -0.2) is 80.1 Å². The number of likely N-dealkylation sites (tertiary alicyclic amines) is 1. The zero-order valence-electron chi connectivity index (χ0n) is 13.3. The van der Waals surface area contributed by atoms with Crippen LogP contribution in [0.4, 0.5) is 5.69 Å². The van der Waals surface area contributed by atoms with Gasteiger partial charge in [0, 0.05) is 50.9 Å². The van der Waals surface area contributed by atoms with Gasteiger partial charge in [-0.25, -0.2) is 0 Å². The summed E-state index contributed by atoms with van der Waals surface area (Å²) < 4.78 is 5.20. The molecule has 1 aromatic rings. The van der Waals surface area contributed by atoms with Crippen molar-refractivity contribution in [3.05, 3.63) is 23.8 Å². The predicted molar refractivity (Wildman–Crippen MR) is 86.2 cm³/mol. The highest BCUT2D eigenvalue weighted by Crippen LogP contribution is 2.23. The van der Waals surface area contributed by atoms with E-state index in [4.69, 9.17) is 10.5 Å². The molecule has 1 amide bonds. The average Bonchev–Trinajstić information content (AvgIpc) is 2.52.